The molecule has 0 aromatic heterocycles. The van der Waals surface area contributed by atoms with Gasteiger partial charge in [-0.2, -0.15) is 0 Å². The Morgan fingerprint density at radius 2 is 1.90 bits per heavy atom. The van der Waals surface area contributed by atoms with Crippen molar-refractivity contribution in [2.24, 2.45) is 11.3 Å². The Hall–Kier alpha value is -2.70. The van der Waals surface area contributed by atoms with Crippen LogP contribution in [0, 0.1) is 25.2 Å². The van der Waals surface area contributed by atoms with E-state index in [0.717, 1.165) is 22.4 Å². The Balaban J connectivity index is 1.68. The zero-order valence-electron chi connectivity index (χ0n) is 19.2. The van der Waals surface area contributed by atoms with Crippen molar-refractivity contribution < 1.29 is 23.9 Å². The monoisotopic (exact) mass is 428 g/mol. The van der Waals surface area contributed by atoms with E-state index in [4.69, 9.17) is 4.74 Å². The molecular weight excluding hydrogens is 396 g/mol. The highest BCUT2D eigenvalue weighted by Crippen LogP contribution is 2.46. The van der Waals surface area contributed by atoms with Crippen LogP contribution in [0.2, 0.25) is 0 Å². The molecule has 1 N–H and O–H groups in total. The summed E-state index contributed by atoms with van der Waals surface area (Å²) in [7, 11) is 0. The lowest BCUT2D eigenvalue weighted by Gasteiger charge is -2.43. The van der Waals surface area contributed by atoms with Gasteiger partial charge in [0.1, 0.15) is 12.1 Å². The maximum atomic E-state index is 13.2. The number of nitrogens with zero attached hydrogens (tertiary/aromatic N) is 1. The molecule has 1 aromatic rings. The van der Waals surface area contributed by atoms with Crippen LogP contribution < -0.4 is 5.32 Å². The van der Waals surface area contributed by atoms with Crippen LogP contribution in [0.5, 0.6) is 0 Å². The summed E-state index contributed by atoms with van der Waals surface area (Å²) in [6.07, 6.45) is 1.03. The minimum Gasteiger partial charge on any atom is -0.453 e. The van der Waals surface area contributed by atoms with E-state index in [0.29, 0.717) is 18.4 Å². The predicted molar refractivity (Wildman–Crippen MR) is 116 cm³/mol. The third kappa shape index (κ3) is 4.65. The summed E-state index contributed by atoms with van der Waals surface area (Å²) in [6, 6.07) is 4.93. The molecule has 1 saturated heterocycles. The largest absolute Gasteiger partial charge is 0.453 e. The van der Waals surface area contributed by atoms with Gasteiger partial charge in [-0.3, -0.25) is 19.3 Å². The number of aryl methyl sites for hydroxylation is 2. The molecule has 1 spiro atoms. The number of carbonyl (C=O) groups is 4. The van der Waals surface area contributed by atoms with Crippen LogP contribution in [0.15, 0.2) is 18.2 Å². The number of carbonyl (C=O) groups excluding carboxylic acids is 4. The van der Waals surface area contributed by atoms with Crippen LogP contribution in [0.3, 0.4) is 0 Å². The van der Waals surface area contributed by atoms with Gasteiger partial charge in [0.2, 0.25) is 5.78 Å². The Kier molecular flexibility index (Phi) is 6.00. The molecule has 0 unspecified atom stereocenters. The lowest BCUT2D eigenvalue weighted by atomic mass is 9.64. The number of Topliss-reactive ketones (excluding diaryl/α,β-unsaturated/α-hetero) is 1. The number of ether oxygens (including phenoxy) is 1. The van der Waals surface area contributed by atoms with Crippen LogP contribution in [-0.2, 0) is 14.3 Å². The van der Waals surface area contributed by atoms with Crippen molar-refractivity contribution in [2.45, 2.75) is 72.4 Å². The van der Waals surface area contributed by atoms with Gasteiger partial charge in [0.25, 0.3) is 5.91 Å². The topological polar surface area (TPSA) is 92.8 Å². The molecule has 3 amide bonds. The molecule has 31 heavy (non-hydrogen) atoms. The quantitative estimate of drug-likeness (QED) is 0.440. The number of urea groups is 1. The Morgan fingerprint density at radius 1 is 1.23 bits per heavy atom. The summed E-state index contributed by atoms with van der Waals surface area (Å²) in [6.45, 7) is 10.9. The second-order valence-electron chi connectivity index (χ2n) is 10.1. The van der Waals surface area contributed by atoms with Crippen molar-refractivity contribution in [3.05, 3.63) is 34.9 Å². The fourth-order valence-corrected chi connectivity index (χ4v) is 5.29. The van der Waals surface area contributed by atoms with E-state index < -0.39 is 30.2 Å². The van der Waals surface area contributed by atoms with Crippen LogP contribution in [0.25, 0.3) is 0 Å². The highest BCUT2D eigenvalue weighted by atomic mass is 16.5. The number of nitrogens with one attached hydrogen (secondary N) is 1. The molecule has 1 aliphatic carbocycles. The van der Waals surface area contributed by atoms with Gasteiger partial charge in [-0.15, -0.1) is 0 Å². The standard InChI is InChI=1S/C24H32N2O5/c1-14-7-8-16(3)18(9-14)20(28)17(4)31-19(27)12-26-21(29)24(25-22(26)30)11-15(2)10-23(5,6)13-24/h7-9,15,17H,10-13H2,1-6H3,(H,25,30)/t15-,17+,24-/m1/s1. The van der Waals surface area contributed by atoms with Gasteiger partial charge in [-0.05, 0) is 63.0 Å². The van der Waals surface area contributed by atoms with E-state index >= 15 is 0 Å². The maximum absolute atomic E-state index is 13.2. The predicted octanol–water partition coefficient (Wildman–Crippen LogP) is 3.55. The second-order valence-corrected chi connectivity index (χ2v) is 10.1. The Bertz CT molecular complexity index is 938. The zero-order chi connectivity index (χ0) is 23.1. The van der Waals surface area contributed by atoms with Gasteiger partial charge in [-0.1, -0.05) is 38.5 Å². The van der Waals surface area contributed by atoms with E-state index in [2.05, 4.69) is 26.1 Å². The Morgan fingerprint density at radius 3 is 2.55 bits per heavy atom. The van der Waals surface area contributed by atoms with Crippen LogP contribution in [-0.4, -0.2) is 46.8 Å². The van der Waals surface area contributed by atoms with Crippen molar-refractivity contribution in [3.8, 4) is 0 Å². The van der Waals surface area contributed by atoms with E-state index in [1.807, 2.05) is 26.0 Å². The third-order valence-corrected chi connectivity index (χ3v) is 6.25. The fourth-order valence-electron chi connectivity index (χ4n) is 5.29. The van der Waals surface area contributed by atoms with Gasteiger partial charge in [0.15, 0.2) is 6.10 Å². The van der Waals surface area contributed by atoms with Crippen LogP contribution >= 0.6 is 0 Å². The van der Waals surface area contributed by atoms with Crippen molar-refractivity contribution in [3.63, 3.8) is 0 Å². The van der Waals surface area contributed by atoms with Gasteiger partial charge in [0, 0.05) is 5.56 Å². The van der Waals surface area contributed by atoms with Crippen molar-refractivity contribution in [2.75, 3.05) is 6.54 Å². The van der Waals surface area contributed by atoms with Crippen molar-refractivity contribution in [1.29, 1.82) is 0 Å². The molecular formula is C24H32N2O5. The molecule has 0 radical (unpaired) electrons. The summed E-state index contributed by atoms with van der Waals surface area (Å²) in [5, 5.41) is 2.84. The SMILES string of the molecule is Cc1ccc(C)c(C(=O)[C@H](C)OC(=O)CN2C(=O)N[C@@]3(C[C@H](C)CC(C)(C)C3)C2=O)c1. The van der Waals surface area contributed by atoms with E-state index in [1.54, 1.807) is 6.07 Å². The molecule has 0 bridgehead atoms. The van der Waals surface area contributed by atoms with Crippen LogP contribution in [0.4, 0.5) is 4.79 Å². The van der Waals surface area contributed by atoms with Gasteiger partial charge >= 0.3 is 12.0 Å². The number of hydrogen-bond donors (Lipinski definition) is 1. The summed E-state index contributed by atoms with van der Waals surface area (Å²) in [5.74, 6) is -1.21. The highest BCUT2D eigenvalue weighted by Gasteiger charge is 2.56. The number of benzene rings is 1. The Labute approximate surface area is 183 Å². The van der Waals surface area contributed by atoms with Crippen molar-refractivity contribution in [1.82, 2.24) is 10.2 Å². The average Bonchev–Trinajstić information content (AvgIpc) is 2.84. The first-order valence-electron chi connectivity index (χ1n) is 10.8. The van der Waals surface area contributed by atoms with E-state index in [9.17, 15) is 19.2 Å². The van der Waals surface area contributed by atoms with Crippen LogP contribution in [0.1, 0.15) is 68.4 Å². The lowest BCUT2D eigenvalue weighted by molar-refractivity contribution is -0.150. The maximum Gasteiger partial charge on any atom is 0.326 e. The molecule has 3 atom stereocenters. The molecule has 1 aromatic carbocycles. The van der Waals surface area contributed by atoms with E-state index in [1.165, 1.54) is 6.92 Å². The number of hydrogen-bond acceptors (Lipinski definition) is 5. The molecule has 3 rings (SSSR count). The lowest BCUT2D eigenvalue weighted by Crippen LogP contribution is -2.54. The first-order valence-corrected chi connectivity index (χ1v) is 10.8. The second kappa shape index (κ2) is 8.09. The molecule has 1 heterocycles. The van der Waals surface area contributed by atoms with Gasteiger partial charge in [0.05, 0.1) is 0 Å². The summed E-state index contributed by atoms with van der Waals surface area (Å²) >= 11 is 0. The number of rotatable bonds is 5. The first kappa shape index (κ1) is 23.0. The average molecular weight is 429 g/mol. The number of imide groups is 1. The van der Waals surface area contributed by atoms with Crippen molar-refractivity contribution >= 4 is 23.7 Å². The third-order valence-electron chi connectivity index (χ3n) is 6.25. The number of ketones is 1. The fraction of sp³-hybridized carbons (Fsp3) is 0.583. The summed E-state index contributed by atoms with van der Waals surface area (Å²) in [5.41, 5.74) is 1.15. The molecule has 168 valence electrons. The molecule has 1 saturated carbocycles. The molecule has 1 aliphatic heterocycles. The molecule has 7 nitrogen and oxygen atoms in total. The smallest absolute Gasteiger partial charge is 0.326 e. The van der Waals surface area contributed by atoms with Gasteiger partial charge < -0.3 is 10.1 Å². The normalized spacial score (nSPS) is 26.0. The van der Waals surface area contributed by atoms with Gasteiger partial charge in [-0.25, -0.2) is 4.79 Å². The zero-order valence-corrected chi connectivity index (χ0v) is 19.2. The molecule has 7 heteroatoms. The van der Waals surface area contributed by atoms with E-state index in [-0.39, 0.29) is 23.0 Å². The number of amides is 3. The summed E-state index contributed by atoms with van der Waals surface area (Å²) in [4.78, 5) is 51.9. The molecule has 2 fully saturated rings. The minimum absolute atomic E-state index is 0.0935. The minimum atomic E-state index is -1.02. The summed E-state index contributed by atoms with van der Waals surface area (Å²) < 4.78 is 5.30. The molecule has 2 aliphatic rings. The first-order chi connectivity index (χ1) is 14.3. The number of esters is 1. The highest BCUT2D eigenvalue weighted by molar-refractivity contribution is 6.09.